The second-order valence-corrected chi connectivity index (χ2v) is 11.0. The fourth-order valence-corrected chi connectivity index (χ4v) is 4.71. The van der Waals surface area contributed by atoms with Crippen LogP contribution < -0.4 is 16.0 Å². The number of rotatable bonds is 10. The van der Waals surface area contributed by atoms with E-state index in [9.17, 15) is 9.90 Å². The normalized spacial score (nSPS) is 14.0. The van der Waals surface area contributed by atoms with Gasteiger partial charge in [-0.05, 0) is 63.1 Å². The first-order valence-corrected chi connectivity index (χ1v) is 14.1. The van der Waals surface area contributed by atoms with Crippen molar-refractivity contribution in [1.82, 2.24) is 24.6 Å². The van der Waals surface area contributed by atoms with Crippen LogP contribution in [0, 0.1) is 13.8 Å². The van der Waals surface area contributed by atoms with Crippen LogP contribution in [-0.2, 0) is 10.3 Å². The predicted octanol–water partition coefficient (Wildman–Crippen LogP) is 4.25. The lowest BCUT2D eigenvalue weighted by molar-refractivity contribution is 0.0398. The van der Waals surface area contributed by atoms with Gasteiger partial charge in [0, 0.05) is 55.2 Å². The van der Waals surface area contributed by atoms with Gasteiger partial charge in [0.05, 0.1) is 24.5 Å². The molecule has 0 atom stereocenters. The molecule has 2 aromatic heterocycles. The molecule has 0 bridgehead atoms. The van der Waals surface area contributed by atoms with Crippen LogP contribution in [0.1, 0.15) is 41.0 Å². The van der Waals surface area contributed by atoms with Gasteiger partial charge >= 0.3 is 0 Å². The predicted molar refractivity (Wildman–Crippen MR) is 164 cm³/mol. The fraction of sp³-hybridized carbons (Fsp3) is 0.355. The number of aromatic nitrogens is 4. The average molecular weight is 571 g/mol. The molecule has 1 saturated heterocycles. The minimum absolute atomic E-state index is 0.258. The van der Waals surface area contributed by atoms with Crippen molar-refractivity contribution in [3.63, 3.8) is 0 Å². The van der Waals surface area contributed by atoms with Crippen molar-refractivity contribution in [3.05, 3.63) is 83.3 Å². The van der Waals surface area contributed by atoms with Gasteiger partial charge in [-0.15, -0.1) is 0 Å². The monoisotopic (exact) mass is 570 g/mol. The van der Waals surface area contributed by atoms with Crippen LogP contribution in [-0.4, -0.2) is 75.1 Å². The van der Waals surface area contributed by atoms with Crippen LogP contribution in [0.25, 0.3) is 5.82 Å². The molecule has 1 aliphatic rings. The SMILES string of the molecule is Cc1cc(Nc2cc(NC(=O)c3cccc(C(C)(C)O)c3)ccc2C)n(-c2cc(NCCN3CCOCC3)ncn2)n1. The molecule has 0 radical (unpaired) electrons. The molecule has 1 aliphatic heterocycles. The van der Waals surface area contributed by atoms with E-state index < -0.39 is 5.60 Å². The molecule has 0 spiro atoms. The molecule has 0 saturated carbocycles. The molecule has 220 valence electrons. The van der Waals surface area contributed by atoms with Gasteiger partial charge in [-0.25, -0.2) is 9.97 Å². The van der Waals surface area contributed by atoms with Crippen LogP contribution in [0.3, 0.4) is 0 Å². The quantitative estimate of drug-likeness (QED) is 0.221. The third kappa shape index (κ3) is 7.30. The highest BCUT2D eigenvalue weighted by atomic mass is 16.5. The van der Waals surface area contributed by atoms with E-state index in [1.54, 1.807) is 42.8 Å². The summed E-state index contributed by atoms with van der Waals surface area (Å²) in [5, 5.41) is 24.8. The average Bonchev–Trinajstić information content (AvgIpc) is 3.35. The minimum Gasteiger partial charge on any atom is -0.386 e. The van der Waals surface area contributed by atoms with Crippen LogP contribution in [0.4, 0.5) is 23.0 Å². The standard InChI is InChI=1S/C31H38N8O3/c1-21-8-9-25(35-30(40)23-6-5-7-24(17-23)31(3,4)41)18-26(21)36-29-16-22(2)37-39(29)28-19-27(33-20-34-28)32-10-11-38-12-14-42-15-13-38/h5-9,16-20,36,41H,10-15H2,1-4H3,(H,35,40)(H,32,33,34). The van der Waals surface area contributed by atoms with E-state index in [1.165, 1.54) is 6.33 Å². The maximum Gasteiger partial charge on any atom is 0.255 e. The smallest absolute Gasteiger partial charge is 0.255 e. The van der Waals surface area contributed by atoms with Gasteiger partial charge in [-0.1, -0.05) is 18.2 Å². The van der Waals surface area contributed by atoms with Crippen LogP contribution in [0.2, 0.25) is 0 Å². The number of carbonyl (C=O) groups is 1. The van der Waals surface area contributed by atoms with E-state index in [2.05, 4.69) is 35.9 Å². The fourth-order valence-electron chi connectivity index (χ4n) is 4.71. The summed E-state index contributed by atoms with van der Waals surface area (Å²) in [4.78, 5) is 24.2. The van der Waals surface area contributed by atoms with Crippen LogP contribution >= 0.6 is 0 Å². The number of nitrogens with zero attached hydrogens (tertiary/aromatic N) is 5. The zero-order valence-corrected chi connectivity index (χ0v) is 24.5. The lowest BCUT2D eigenvalue weighted by Crippen LogP contribution is -2.39. The molecule has 1 amide bonds. The topological polar surface area (TPSA) is 129 Å². The molecule has 4 N–H and O–H groups in total. The van der Waals surface area contributed by atoms with E-state index in [1.807, 2.05) is 44.2 Å². The highest BCUT2D eigenvalue weighted by molar-refractivity contribution is 6.04. The van der Waals surface area contributed by atoms with Crippen molar-refractivity contribution in [1.29, 1.82) is 0 Å². The number of aryl methyl sites for hydroxylation is 2. The molecular formula is C31H38N8O3. The summed E-state index contributed by atoms with van der Waals surface area (Å²) in [5.74, 6) is 1.83. The van der Waals surface area contributed by atoms with Crippen molar-refractivity contribution < 1.29 is 14.6 Å². The molecule has 42 heavy (non-hydrogen) atoms. The number of nitrogens with one attached hydrogen (secondary N) is 3. The second kappa shape index (κ2) is 12.7. The highest BCUT2D eigenvalue weighted by Crippen LogP contribution is 2.27. The third-order valence-corrected chi connectivity index (χ3v) is 7.13. The summed E-state index contributed by atoms with van der Waals surface area (Å²) in [6.07, 6.45) is 1.53. The van der Waals surface area contributed by atoms with E-state index in [4.69, 9.17) is 4.74 Å². The highest BCUT2D eigenvalue weighted by Gasteiger charge is 2.18. The Bertz CT molecular complexity index is 1540. The van der Waals surface area contributed by atoms with Crippen molar-refractivity contribution in [2.24, 2.45) is 0 Å². The number of amides is 1. The van der Waals surface area contributed by atoms with Gasteiger partial charge in [0.1, 0.15) is 18.0 Å². The first-order chi connectivity index (χ1) is 20.2. The molecule has 11 nitrogen and oxygen atoms in total. The van der Waals surface area contributed by atoms with E-state index in [-0.39, 0.29) is 5.91 Å². The number of benzene rings is 2. The van der Waals surface area contributed by atoms with Gasteiger partial charge in [-0.2, -0.15) is 9.78 Å². The summed E-state index contributed by atoms with van der Waals surface area (Å²) in [5.41, 5.74) is 3.38. The van der Waals surface area contributed by atoms with Crippen molar-refractivity contribution in [2.75, 3.05) is 55.3 Å². The maximum absolute atomic E-state index is 13.0. The molecule has 11 heteroatoms. The summed E-state index contributed by atoms with van der Waals surface area (Å²) in [6, 6.07) is 16.5. The van der Waals surface area contributed by atoms with Gasteiger partial charge < -0.3 is 25.8 Å². The third-order valence-electron chi connectivity index (χ3n) is 7.13. The molecule has 1 fully saturated rings. The zero-order valence-electron chi connectivity index (χ0n) is 24.5. The van der Waals surface area contributed by atoms with E-state index in [0.717, 1.165) is 68.0 Å². The molecule has 2 aromatic carbocycles. The Hall–Kier alpha value is -4.32. The molecule has 3 heterocycles. The molecule has 4 aromatic rings. The molecule has 0 unspecified atom stereocenters. The number of hydrogen-bond donors (Lipinski definition) is 4. The Labute approximate surface area is 246 Å². The Morgan fingerprint density at radius 1 is 1.05 bits per heavy atom. The number of morpholine rings is 1. The number of anilines is 4. The number of carbonyl (C=O) groups excluding carboxylic acids is 1. The van der Waals surface area contributed by atoms with Gasteiger partial charge in [-0.3, -0.25) is 9.69 Å². The summed E-state index contributed by atoms with van der Waals surface area (Å²) in [6.45, 7) is 12.4. The van der Waals surface area contributed by atoms with Gasteiger partial charge in [0.25, 0.3) is 5.91 Å². The minimum atomic E-state index is -1.04. The lowest BCUT2D eigenvalue weighted by atomic mass is 9.96. The molecule has 0 aliphatic carbocycles. The maximum atomic E-state index is 13.0. The van der Waals surface area contributed by atoms with E-state index >= 15 is 0 Å². The number of ether oxygens (including phenoxy) is 1. The second-order valence-electron chi connectivity index (χ2n) is 11.0. The summed E-state index contributed by atoms with van der Waals surface area (Å²) in [7, 11) is 0. The Morgan fingerprint density at radius 3 is 2.64 bits per heavy atom. The van der Waals surface area contributed by atoms with E-state index in [0.29, 0.717) is 22.6 Å². The Balaban J connectivity index is 1.30. The first-order valence-electron chi connectivity index (χ1n) is 14.1. The van der Waals surface area contributed by atoms with Gasteiger partial charge in [0.2, 0.25) is 0 Å². The zero-order chi connectivity index (χ0) is 29.7. The van der Waals surface area contributed by atoms with Crippen LogP contribution in [0.5, 0.6) is 0 Å². The van der Waals surface area contributed by atoms with Crippen molar-refractivity contribution in [2.45, 2.75) is 33.3 Å². The largest absolute Gasteiger partial charge is 0.386 e. The number of aliphatic hydroxyl groups is 1. The van der Waals surface area contributed by atoms with Gasteiger partial charge in [0.15, 0.2) is 5.82 Å². The summed E-state index contributed by atoms with van der Waals surface area (Å²) >= 11 is 0. The number of hydrogen-bond acceptors (Lipinski definition) is 9. The lowest BCUT2D eigenvalue weighted by Gasteiger charge is -2.26. The van der Waals surface area contributed by atoms with Crippen LogP contribution in [0.15, 0.2) is 60.9 Å². The van der Waals surface area contributed by atoms with Crippen molar-refractivity contribution >= 4 is 28.9 Å². The van der Waals surface area contributed by atoms with Crippen molar-refractivity contribution in [3.8, 4) is 5.82 Å². The Morgan fingerprint density at radius 2 is 1.86 bits per heavy atom. The Kier molecular flexibility index (Phi) is 8.81. The molecular weight excluding hydrogens is 532 g/mol. The first kappa shape index (κ1) is 29.2. The summed E-state index contributed by atoms with van der Waals surface area (Å²) < 4.78 is 7.17. The molecule has 5 rings (SSSR count).